The van der Waals surface area contributed by atoms with Gasteiger partial charge in [0, 0.05) is 24.4 Å². The van der Waals surface area contributed by atoms with E-state index in [1.807, 2.05) is 13.0 Å². The van der Waals surface area contributed by atoms with Crippen LogP contribution in [0.2, 0.25) is 0 Å². The number of anilines is 1. The van der Waals surface area contributed by atoms with E-state index >= 15 is 0 Å². The van der Waals surface area contributed by atoms with E-state index < -0.39 is 0 Å². The molecule has 2 N–H and O–H groups in total. The van der Waals surface area contributed by atoms with Crippen LogP contribution in [-0.2, 0) is 13.1 Å². The molecule has 2 rings (SSSR count). The molecule has 1 aromatic heterocycles. The van der Waals surface area contributed by atoms with Crippen LogP contribution < -0.4 is 5.32 Å². The lowest BCUT2D eigenvalue weighted by Crippen LogP contribution is -2.06. The highest BCUT2D eigenvalue weighted by Crippen LogP contribution is 2.14. The summed E-state index contributed by atoms with van der Waals surface area (Å²) in [6.07, 6.45) is 1.77. The summed E-state index contributed by atoms with van der Waals surface area (Å²) < 4.78 is 15.2. The Morgan fingerprint density at radius 2 is 2.22 bits per heavy atom. The monoisotopic (exact) mass is 249 g/mol. The van der Waals surface area contributed by atoms with Crippen LogP contribution in [0, 0.1) is 12.7 Å². The molecule has 0 saturated heterocycles. The van der Waals surface area contributed by atoms with Gasteiger partial charge in [-0.1, -0.05) is 12.1 Å². The largest absolute Gasteiger partial charge is 0.394 e. The molecular formula is C13H16FN3O. The van der Waals surface area contributed by atoms with Crippen LogP contribution in [0.15, 0.2) is 30.5 Å². The summed E-state index contributed by atoms with van der Waals surface area (Å²) in [5.41, 5.74) is 1.56. The first-order valence-electron chi connectivity index (χ1n) is 5.83. The van der Waals surface area contributed by atoms with E-state index in [2.05, 4.69) is 10.4 Å². The van der Waals surface area contributed by atoms with E-state index in [0.29, 0.717) is 24.5 Å². The van der Waals surface area contributed by atoms with E-state index in [-0.39, 0.29) is 12.4 Å². The van der Waals surface area contributed by atoms with Crippen LogP contribution in [0.1, 0.15) is 11.1 Å². The number of rotatable bonds is 5. The van der Waals surface area contributed by atoms with Crippen molar-refractivity contribution in [3.63, 3.8) is 0 Å². The second-order valence-electron chi connectivity index (χ2n) is 4.08. The van der Waals surface area contributed by atoms with Crippen LogP contribution in [0.4, 0.5) is 10.2 Å². The summed E-state index contributed by atoms with van der Waals surface area (Å²) in [5.74, 6) is 0.461. The van der Waals surface area contributed by atoms with Crippen molar-refractivity contribution >= 4 is 5.82 Å². The predicted octanol–water partition coefficient (Wildman–Crippen LogP) is 1.94. The summed E-state index contributed by atoms with van der Waals surface area (Å²) in [6, 6.07) is 6.83. The third-order valence-electron chi connectivity index (χ3n) is 2.77. The normalized spacial score (nSPS) is 10.6. The molecule has 0 aliphatic carbocycles. The fourth-order valence-electron chi connectivity index (χ4n) is 1.75. The third kappa shape index (κ3) is 2.87. The number of halogens is 1. The van der Waals surface area contributed by atoms with Crippen molar-refractivity contribution in [2.45, 2.75) is 20.0 Å². The molecule has 0 bridgehead atoms. The first-order chi connectivity index (χ1) is 8.70. The van der Waals surface area contributed by atoms with Gasteiger partial charge in [-0.05, 0) is 18.6 Å². The molecule has 0 amide bonds. The van der Waals surface area contributed by atoms with Crippen molar-refractivity contribution in [3.8, 4) is 0 Å². The highest BCUT2D eigenvalue weighted by Gasteiger charge is 2.05. The van der Waals surface area contributed by atoms with Gasteiger partial charge >= 0.3 is 0 Å². The van der Waals surface area contributed by atoms with Crippen molar-refractivity contribution in [1.29, 1.82) is 0 Å². The van der Waals surface area contributed by atoms with E-state index in [1.54, 1.807) is 23.0 Å². The summed E-state index contributed by atoms with van der Waals surface area (Å²) in [7, 11) is 0. The Morgan fingerprint density at radius 1 is 1.39 bits per heavy atom. The highest BCUT2D eigenvalue weighted by molar-refractivity contribution is 5.36. The lowest BCUT2D eigenvalue weighted by molar-refractivity contribution is 0.269. The van der Waals surface area contributed by atoms with Gasteiger partial charge < -0.3 is 10.4 Å². The van der Waals surface area contributed by atoms with Crippen LogP contribution in [0.3, 0.4) is 0 Å². The topological polar surface area (TPSA) is 50.1 Å². The fourth-order valence-corrected chi connectivity index (χ4v) is 1.75. The molecule has 0 spiro atoms. The molecule has 0 fully saturated rings. The van der Waals surface area contributed by atoms with E-state index in [1.165, 1.54) is 6.07 Å². The quantitative estimate of drug-likeness (QED) is 0.851. The number of aliphatic hydroxyl groups is 1. The molecule has 96 valence electrons. The van der Waals surface area contributed by atoms with E-state index in [9.17, 15) is 4.39 Å². The minimum atomic E-state index is -0.211. The van der Waals surface area contributed by atoms with Crippen LogP contribution >= 0.6 is 0 Å². The molecule has 5 heteroatoms. The molecule has 0 aliphatic rings. The maximum Gasteiger partial charge on any atom is 0.148 e. The van der Waals surface area contributed by atoms with Gasteiger partial charge in [-0.15, -0.1) is 0 Å². The number of nitrogens with one attached hydrogen (secondary N) is 1. The Labute approximate surface area is 105 Å². The van der Waals surface area contributed by atoms with Crippen LogP contribution in [-0.4, -0.2) is 21.5 Å². The lowest BCUT2D eigenvalue weighted by Gasteiger charge is -2.08. The Hall–Kier alpha value is -1.88. The van der Waals surface area contributed by atoms with Gasteiger partial charge in [0.2, 0.25) is 0 Å². The first-order valence-corrected chi connectivity index (χ1v) is 5.83. The Balaban J connectivity index is 2.02. The minimum Gasteiger partial charge on any atom is -0.394 e. The summed E-state index contributed by atoms with van der Waals surface area (Å²) >= 11 is 0. The van der Waals surface area contributed by atoms with Gasteiger partial charge in [-0.2, -0.15) is 5.10 Å². The predicted molar refractivity (Wildman–Crippen MR) is 67.8 cm³/mol. The maximum atomic E-state index is 13.6. The molecule has 0 radical (unpaired) electrons. The van der Waals surface area contributed by atoms with Crippen molar-refractivity contribution in [3.05, 3.63) is 47.4 Å². The highest BCUT2D eigenvalue weighted by atomic mass is 19.1. The Morgan fingerprint density at radius 3 is 2.94 bits per heavy atom. The van der Waals surface area contributed by atoms with Gasteiger partial charge in [0.15, 0.2) is 0 Å². The summed E-state index contributed by atoms with van der Waals surface area (Å²) in [5, 5.41) is 16.0. The zero-order chi connectivity index (χ0) is 13.0. The summed E-state index contributed by atoms with van der Waals surface area (Å²) in [4.78, 5) is 0. The lowest BCUT2D eigenvalue weighted by atomic mass is 10.1. The average molecular weight is 249 g/mol. The molecule has 0 aliphatic heterocycles. The zero-order valence-corrected chi connectivity index (χ0v) is 10.2. The molecule has 1 aromatic carbocycles. The average Bonchev–Trinajstić information content (AvgIpc) is 2.77. The van der Waals surface area contributed by atoms with E-state index in [0.717, 1.165) is 5.56 Å². The van der Waals surface area contributed by atoms with Crippen molar-refractivity contribution in [2.24, 2.45) is 0 Å². The van der Waals surface area contributed by atoms with Crippen molar-refractivity contribution < 1.29 is 9.50 Å². The van der Waals surface area contributed by atoms with Crippen molar-refractivity contribution in [2.75, 3.05) is 11.9 Å². The smallest absolute Gasteiger partial charge is 0.148 e. The zero-order valence-electron chi connectivity index (χ0n) is 10.2. The number of aryl methyl sites for hydroxylation is 1. The van der Waals surface area contributed by atoms with Crippen molar-refractivity contribution in [1.82, 2.24) is 9.78 Å². The number of nitrogens with zero attached hydrogens (tertiary/aromatic N) is 2. The number of hydrogen-bond acceptors (Lipinski definition) is 3. The van der Waals surface area contributed by atoms with Gasteiger partial charge in [-0.3, -0.25) is 4.68 Å². The Bertz CT molecular complexity index is 504. The minimum absolute atomic E-state index is 0.0491. The molecule has 0 saturated carbocycles. The van der Waals surface area contributed by atoms with Gasteiger partial charge in [0.25, 0.3) is 0 Å². The SMILES string of the molecule is Cc1cccc(F)c1CNc1ccn(CCO)n1. The molecular weight excluding hydrogens is 233 g/mol. The van der Waals surface area contributed by atoms with Gasteiger partial charge in [0.05, 0.1) is 13.2 Å². The fraction of sp³-hybridized carbons (Fsp3) is 0.308. The first kappa shape index (κ1) is 12.6. The Kier molecular flexibility index (Phi) is 3.94. The standard InChI is InChI=1S/C13H16FN3O/c1-10-3-2-4-12(14)11(10)9-15-13-5-6-17(16-13)7-8-18/h2-6,18H,7-9H2,1H3,(H,15,16). The molecule has 1 heterocycles. The second-order valence-corrected chi connectivity index (χ2v) is 4.08. The maximum absolute atomic E-state index is 13.6. The van der Waals surface area contributed by atoms with Gasteiger partial charge in [0.1, 0.15) is 11.6 Å². The number of benzene rings is 1. The molecule has 18 heavy (non-hydrogen) atoms. The van der Waals surface area contributed by atoms with E-state index in [4.69, 9.17) is 5.11 Å². The second kappa shape index (κ2) is 5.64. The number of aliphatic hydroxyl groups excluding tert-OH is 1. The number of aromatic nitrogens is 2. The van der Waals surface area contributed by atoms with Crippen LogP contribution in [0.25, 0.3) is 0 Å². The number of hydrogen-bond donors (Lipinski definition) is 2. The van der Waals surface area contributed by atoms with Crippen LogP contribution in [0.5, 0.6) is 0 Å². The molecule has 0 atom stereocenters. The summed E-state index contributed by atoms with van der Waals surface area (Å²) in [6.45, 7) is 2.78. The molecule has 2 aromatic rings. The molecule has 4 nitrogen and oxygen atoms in total. The van der Waals surface area contributed by atoms with Gasteiger partial charge in [-0.25, -0.2) is 4.39 Å². The molecule has 0 unspecified atom stereocenters. The third-order valence-corrected chi connectivity index (χ3v) is 2.77.